The van der Waals surface area contributed by atoms with Gasteiger partial charge in [-0.2, -0.15) is 0 Å². The number of nitrogens with zero attached hydrogens (tertiary/aromatic N) is 1. The van der Waals surface area contributed by atoms with Gasteiger partial charge in [0, 0.05) is 23.9 Å². The molecule has 0 saturated heterocycles. The van der Waals surface area contributed by atoms with E-state index in [1.807, 2.05) is 116 Å². The lowest BCUT2D eigenvalue weighted by Crippen LogP contribution is -2.33. The Labute approximate surface area is 305 Å². The number of amides is 1. The number of rotatable bonds is 13. The van der Waals surface area contributed by atoms with Gasteiger partial charge in [0.1, 0.15) is 21.3 Å². The minimum atomic E-state index is -3.82. The third-order valence-electron chi connectivity index (χ3n) is 8.88. The summed E-state index contributed by atoms with van der Waals surface area (Å²) in [6, 6.07) is 27.7. The predicted molar refractivity (Wildman–Crippen MR) is 206 cm³/mol. The van der Waals surface area contributed by atoms with Crippen molar-refractivity contribution >= 4 is 25.6 Å². The van der Waals surface area contributed by atoms with Crippen LogP contribution in [0.25, 0.3) is 0 Å². The highest BCUT2D eigenvalue weighted by atomic mass is 32.2. The first-order valence-corrected chi connectivity index (χ1v) is 20.3. The number of methoxy groups -OCH3 is 2. The number of carbonyl (C=O) groups is 1. The molecular weight excluding hydrogens is 683 g/mol. The fourth-order valence-corrected chi connectivity index (χ4v) is 10.3. The van der Waals surface area contributed by atoms with E-state index in [1.54, 1.807) is 35.2 Å². The molecule has 8 nitrogen and oxygen atoms in total. The van der Waals surface area contributed by atoms with Crippen LogP contribution in [0.4, 0.5) is 0 Å². The summed E-state index contributed by atoms with van der Waals surface area (Å²) in [5.74, 6) is 0.215. The molecule has 0 bridgehead atoms. The first-order chi connectivity index (χ1) is 23.8. The van der Waals surface area contributed by atoms with Gasteiger partial charge in [-0.1, -0.05) is 94.4 Å². The maximum Gasteiger partial charge on any atom is 0.255 e. The highest BCUT2D eigenvalue weighted by molar-refractivity contribution is 7.92. The van der Waals surface area contributed by atoms with E-state index in [4.69, 9.17) is 9.47 Å². The average Bonchev–Trinajstić information content (AvgIpc) is 3.08. The maximum absolute atomic E-state index is 13.6. The van der Waals surface area contributed by atoms with Crippen molar-refractivity contribution in [2.45, 2.75) is 76.0 Å². The predicted octanol–water partition coefficient (Wildman–Crippen LogP) is 7.99. The highest BCUT2D eigenvalue weighted by Gasteiger charge is 2.35. The molecule has 0 saturated carbocycles. The zero-order valence-corrected chi connectivity index (χ0v) is 33.2. The van der Waals surface area contributed by atoms with Crippen LogP contribution in [0.15, 0.2) is 101 Å². The Bertz CT molecular complexity index is 2000. The molecule has 4 rings (SSSR count). The summed E-state index contributed by atoms with van der Waals surface area (Å²) < 4.78 is 63.5. The molecule has 0 fully saturated rings. The SMILES string of the molecule is CCN(CC)C(=O)c1cc(C)cc(OC)c1S(=O)(=O)CC(C)(C)c1ccccc1.COc1cc(C)ccc1S(=O)(=O)CC(C)(C)c1ccccc1. The summed E-state index contributed by atoms with van der Waals surface area (Å²) in [6.45, 7) is 16.2. The highest BCUT2D eigenvalue weighted by Crippen LogP contribution is 2.36. The minimum absolute atomic E-state index is 0.0218. The van der Waals surface area contributed by atoms with Gasteiger partial charge in [0.15, 0.2) is 19.7 Å². The molecule has 51 heavy (non-hydrogen) atoms. The van der Waals surface area contributed by atoms with E-state index in [0.29, 0.717) is 18.8 Å². The lowest BCUT2D eigenvalue weighted by Gasteiger charge is -2.27. The summed E-state index contributed by atoms with van der Waals surface area (Å²) in [5, 5.41) is 0. The smallest absolute Gasteiger partial charge is 0.255 e. The maximum atomic E-state index is 13.6. The third-order valence-corrected chi connectivity index (χ3v) is 13.1. The fourth-order valence-electron chi connectivity index (χ4n) is 6.13. The molecule has 0 aromatic heterocycles. The summed E-state index contributed by atoms with van der Waals surface area (Å²) in [6.07, 6.45) is 0. The summed E-state index contributed by atoms with van der Waals surface area (Å²) in [4.78, 5) is 15.0. The van der Waals surface area contributed by atoms with Crippen molar-refractivity contribution in [1.82, 2.24) is 4.90 Å². The zero-order chi connectivity index (χ0) is 38.2. The normalized spacial score (nSPS) is 12.0. The van der Waals surface area contributed by atoms with Crippen LogP contribution in [-0.2, 0) is 30.5 Å². The van der Waals surface area contributed by atoms with Gasteiger partial charge in [0.2, 0.25) is 0 Å². The molecule has 10 heteroatoms. The van der Waals surface area contributed by atoms with Crippen LogP contribution in [0.5, 0.6) is 11.5 Å². The van der Waals surface area contributed by atoms with Crippen LogP contribution >= 0.6 is 0 Å². The second kappa shape index (κ2) is 16.9. The molecule has 0 unspecified atom stereocenters. The number of benzene rings is 4. The number of sulfone groups is 2. The number of hydrogen-bond acceptors (Lipinski definition) is 7. The van der Waals surface area contributed by atoms with E-state index < -0.39 is 30.5 Å². The van der Waals surface area contributed by atoms with Gasteiger partial charge in [0.25, 0.3) is 5.91 Å². The Morgan fingerprint density at radius 3 is 1.53 bits per heavy atom. The number of aryl methyl sites for hydroxylation is 2. The lowest BCUT2D eigenvalue weighted by molar-refractivity contribution is 0.0768. The quantitative estimate of drug-likeness (QED) is 0.137. The molecule has 0 aliphatic heterocycles. The Morgan fingerprint density at radius 2 is 1.08 bits per heavy atom. The van der Waals surface area contributed by atoms with Gasteiger partial charge < -0.3 is 14.4 Å². The van der Waals surface area contributed by atoms with Gasteiger partial charge >= 0.3 is 0 Å². The first kappa shape index (κ1) is 41.3. The van der Waals surface area contributed by atoms with E-state index in [2.05, 4.69) is 0 Å². The van der Waals surface area contributed by atoms with Crippen LogP contribution in [0, 0.1) is 13.8 Å². The molecule has 0 spiro atoms. The zero-order valence-electron chi connectivity index (χ0n) is 31.6. The van der Waals surface area contributed by atoms with E-state index in [-0.39, 0.29) is 38.5 Å². The Balaban J connectivity index is 0.000000286. The molecule has 0 N–H and O–H groups in total. The molecule has 0 aliphatic carbocycles. The summed E-state index contributed by atoms with van der Waals surface area (Å²) in [7, 11) is -4.35. The fraction of sp³-hybridized carbons (Fsp3) is 0.390. The summed E-state index contributed by atoms with van der Waals surface area (Å²) >= 11 is 0. The Morgan fingerprint density at radius 1 is 0.627 bits per heavy atom. The van der Waals surface area contributed by atoms with Gasteiger partial charge in [-0.3, -0.25) is 4.79 Å². The first-order valence-electron chi connectivity index (χ1n) is 17.0. The van der Waals surface area contributed by atoms with Crippen molar-refractivity contribution in [2.24, 2.45) is 0 Å². The van der Waals surface area contributed by atoms with Crippen molar-refractivity contribution in [3.8, 4) is 11.5 Å². The van der Waals surface area contributed by atoms with Crippen molar-refractivity contribution in [1.29, 1.82) is 0 Å². The van der Waals surface area contributed by atoms with Crippen LogP contribution in [-0.4, -0.2) is 66.5 Å². The molecule has 0 aliphatic rings. The van der Waals surface area contributed by atoms with Gasteiger partial charge in [-0.05, 0) is 74.2 Å². The van der Waals surface area contributed by atoms with Crippen LogP contribution in [0.3, 0.4) is 0 Å². The number of hydrogen-bond donors (Lipinski definition) is 0. The summed E-state index contributed by atoms with van der Waals surface area (Å²) in [5.41, 5.74) is 2.74. The Hall–Kier alpha value is -4.15. The van der Waals surface area contributed by atoms with Gasteiger partial charge in [-0.25, -0.2) is 16.8 Å². The van der Waals surface area contributed by atoms with E-state index >= 15 is 0 Å². The number of carbonyl (C=O) groups excluding carboxylic acids is 1. The molecular formula is C41H53NO7S2. The van der Waals surface area contributed by atoms with Crippen LogP contribution in [0.1, 0.15) is 74.2 Å². The molecule has 0 heterocycles. The van der Waals surface area contributed by atoms with E-state index in [0.717, 1.165) is 22.3 Å². The van der Waals surface area contributed by atoms with E-state index in [9.17, 15) is 21.6 Å². The molecule has 1 amide bonds. The van der Waals surface area contributed by atoms with Crippen molar-refractivity contribution < 1.29 is 31.1 Å². The van der Waals surface area contributed by atoms with Crippen LogP contribution in [0.2, 0.25) is 0 Å². The molecule has 4 aromatic carbocycles. The van der Waals surface area contributed by atoms with E-state index in [1.165, 1.54) is 14.2 Å². The minimum Gasteiger partial charge on any atom is -0.495 e. The third kappa shape index (κ3) is 10.2. The molecule has 0 atom stereocenters. The molecule has 276 valence electrons. The topological polar surface area (TPSA) is 107 Å². The van der Waals surface area contributed by atoms with Crippen molar-refractivity contribution in [2.75, 3.05) is 38.8 Å². The second-order valence-corrected chi connectivity index (χ2v) is 17.9. The largest absolute Gasteiger partial charge is 0.495 e. The average molecular weight is 736 g/mol. The second-order valence-electron chi connectivity index (χ2n) is 14.0. The molecule has 0 radical (unpaired) electrons. The van der Waals surface area contributed by atoms with Crippen molar-refractivity contribution in [3.05, 3.63) is 119 Å². The molecule has 4 aromatic rings. The lowest BCUT2D eigenvalue weighted by atomic mass is 9.87. The van der Waals surface area contributed by atoms with Gasteiger partial charge in [0.05, 0.1) is 31.3 Å². The standard InChI is InChI=1S/C23H31NO4S.C18H22O3S/c1-7-24(8-2)22(25)19-14-17(3)15-20(28-6)21(19)29(26,27)16-23(4,5)18-12-10-9-11-13-18;1-14-10-11-17(16(12-14)21-4)22(19,20)13-18(2,3)15-8-6-5-7-9-15/h9-15H,7-8,16H2,1-6H3;5-12H,13H2,1-4H3. The van der Waals surface area contributed by atoms with Crippen LogP contribution < -0.4 is 9.47 Å². The monoisotopic (exact) mass is 735 g/mol. The Kier molecular flexibility index (Phi) is 13.7. The van der Waals surface area contributed by atoms with Crippen molar-refractivity contribution in [3.63, 3.8) is 0 Å². The number of ether oxygens (including phenoxy) is 2. The van der Waals surface area contributed by atoms with Gasteiger partial charge in [-0.15, -0.1) is 0 Å².